The molecule has 0 amide bonds. The van der Waals surface area contributed by atoms with E-state index in [1.165, 1.54) is 69.3 Å². The summed E-state index contributed by atoms with van der Waals surface area (Å²) in [5.41, 5.74) is 2.81. The van der Waals surface area contributed by atoms with Crippen LogP contribution in [0.25, 0.3) is 0 Å². The van der Waals surface area contributed by atoms with Crippen molar-refractivity contribution in [2.75, 3.05) is 26.2 Å². The lowest BCUT2D eigenvalue weighted by atomic mass is 9.69. The summed E-state index contributed by atoms with van der Waals surface area (Å²) in [5, 5.41) is 9.26. The van der Waals surface area contributed by atoms with Crippen molar-refractivity contribution >= 4 is 0 Å². The Morgan fingerprint density at radius 1 is 1.04 bits per heavy atom. The van der Waals surface area contributed by atoms with Crippen LogP contribution in [-0.2, 0) is 6.54 Å². The number of unbranched alkanes of at least 4 members (excludes halogenated alkanes) is 1. The highest BCUT2D eigenvalue weighted by molar-refractivity contribution is 5.21. The minimum Gasteiger partial charge on any atom is -0.396 e. The number of piperidine rings is 3. The Hall–Kier alpha value is -0.900. The van der Waals surface area contributed by atoms with Gasteiger partial charge in [0.15, 0.2) is 0 Å². The average Bonchev–Trinajstić information content (AvgIpc) is 2.66. The van der Waals surface area contributed by atoms with Gasteiger partial charge in [-0.25, -0.2) is 0 Å². The highest BCUT2D eigenvalue weighted by atomic mass is 16.2. The van der Waals surface area contributed by atoms with Crippen molar-refractivity contribution in [1.29, 1.82) is 0 Å². The van der Waals surface area contributed by atoms with Gasteiger partial charge in [-0.3, -0.25) is 9.80 Å². The molecular formula is C23H36N2O. The van der Waals surface area contributed by atoms with Crippen molar-refractivity contribution in [2.45, 2.75) is 70.5 Å². The largest absolute Gasteiger partial charge is 0.396 e. The first kappa shape index (κ1) is 18.5. The lowest BCUT2D eigenvalue weighted by Crippen LogP contribution is -2.64. The molecule has 26 heavy (non-hydrogen) atoms. The molecular weight excluding hydrogens is 320 g/mol. The molecule has 0 radical (unpaired) electrons. The fraction of sp³-hybridized carbons (Fsp3) is 0.739. The van der Waals surface area contributed by atoms with Crippen LogP contribution >= 0.6 is 0 Å². The summed E-state index contributed by atoms with van der Waals surface area (Å²) in [6.07, 6.45) is 8.98. The van der Waals surface area contributed by atoms with Crippen LogP contribution in [-0.4, -0.2) is 53.2 Å². The number of aliphatic hydroxyl groups is 1. The summed E-state index contributed by atoms with van der Waals surface area (Å²) in [4.78, 5) is 5.66. The zero-order valence-electron chi connectivity index (χ0n) is 16.4. The van der Waals surface area contributed by atoms with E-state index in [0.717, 1.165) is 30.8 Å². The highest BCUT2D eigenvalue weighted by Gasteiger charge is 2.47. The molecule has 0 unspecified atom stereocenters. The molecule has 0 bridgehead atoms. The van der Waals surface area contributed by atoms with Crippen LogP contribution in [0.2, 0.25) is 0 Å². The van der Waals surface area contributed by atoms with E-state index in [0.29, 0.717) is 12.6 Å². The van der Waals surface area contributed by atoms with Crippen LogP contribution in [0.3, 0.4) is 0 Å². The number of aliphatic hydroxyl groups excluding tert-OH is 1. The molecule has 3 heteroatoms. The van der Waals surface area contributed by atoms with Gasteiger partial charge in [-0.2, -0.15) is 0 Å². The lowest BCUT2D eigenvalue weighted by molar-refractivity contribution is -0.0812. The Kier molecular flexibility index (Phi) is 5.97. The maximum Gasteiger partial charge on any atom is 0.0431 e. The van der Waals surface area contributed by atoms with Gasteiger partial charge in [-0.05, 0) is 82.4 Å². The van der Waals surface area contributed by atoms with Crippen LogP contribution < -0.4 is 0 Å². The maximum absolute atomic E-state index is 9.26. The summed E-state index contributed by atoms with van der Waals surface area (Å²) >= 11 is 0. The topological polar surface area (TPSA) is 26.7 Å². The van der Waals surface area contributed by atoms with E-state index in [1.54, 1.807) is 0 Å². The molecule has 0 aliphatic carbocycles. The molecule has 4 rings (SSSR count). The highest BCUT2D eigenvalue weighted by Crippen LogP contribution is 2.43. The van der Waals surface area contributed by atoms with Crippen molar-refractivity contribution in [3.63, 3.8) is 0 Å². The molecule has 0 saturated carbocycles. The first-order valence-corrected chi connectivity index (χ1v) is 10.9. The van der Waals surface area contributed by atoms with Crippen molar-refractivity contribution in [3.8, 4) is 0 Å². The van der Waals surface area contributed by atoms with Crippen molar-refractivity contribution < 1.29 is 5.11 Å². The number of hydrogen-bond donors (Lipinski definition) is 1. The fourth-order valence-corrected chi connectivity index (χ4v) is 6.06. The predicted molar refractivity (Wildman–Crippen MR) is 107 cm³/mol. The normalized spacial score (nSPS) is 32.4. The fourth-order valence-electron chi connectivity index (χ4n) is 6.06. The van der Waals surface area contributed by atoms with Gasteiger partial charge in [0.25, 0.3) is 0 Å². The summed E-state index contributed by atoms with van der Waals surface area (Å²) in [6, 6.07) is 10.7. The Balaban J connectivity index is 1.54. The number of aryl methyl sites for hydroxylation is 1. The van der Waals surface area contributed by atoms with Crippen LogP contribution in [0.15, 0.2) is 24.3 Å². The Labute approximate surface area is 159 Å². The Morgan fingerprint density at radius 2 is 1.81 bits per heavy atom. The van der Waals surface area contributed by atoms with Gasteiger partial charge in [0.2, 0.25) is 0 Å². The first-order chi connectivity index (χ1) is 12.8. The first-order valence-electron chi connectivity index (χ1n) is 10.9. The number of nitrogens with zero attached hydrogens (tertiary/aromatic N) is 2. The molecule has 0 aromatic heterocycles. The number of likely N-dealkylation sites (tertiary alicyclic amines) is 1. The van der Waals surface area contributed by atoms with E-state index >= 15 is 0 Å². The van der Waals surface area contributed by atoms with E-state index in [4.69, 9.17) is 0 Å². The predicted octanol–water partition coefficient (Wildman–Crippen LogP) is 3.83. The quantitative estimate of drug-likeness (QED) is 0.785. The van der Waals surface area contributed by atoms with Crippen molar-refractivity contribution in [1.82, 2.24) is 9.80 Å². The van der Waals surface area contributed by atoms with Crippen LogP contribution in [0.5, 0.6) is 0 Å². The minimum atomic E-state index is 0.341. The van der Waals surface area contributed by atoms with E-state index in [9.17, 15) is 5.11 Å². The molecule has 4 atom stereocenters. The lowest BCUT2D eigenvalue weighted by Gasteiger charge is -2.57. The van der Waals surface area contributed by atoms with Crippen LogP contribution in [0.1, 0.15) is 56.1 Å². The third-order valence-electron chi connectivity index (χ3n) is 7.19. The number of benzene rings is 1. The Morgan fingerprint density at radius 3 is 2.58 bits per heavy atom. The Bertz CT molecular complexity index is 570. The average molecular weight is 357 g/mol. The molecule has 1 N–H and O–H groups in total. The molecule has 3 aliphatic rings. The zero-order valence-corrected chi connectivity index (χ0v) is 16.4. The third-order valence-corrected chi connectivity index (χ3v) is 7.19. The molecule has 3 heterocycles. The standard InChI is InChI=1S/C23H36N2O/c1-18-9-11-19(12-10-18)16-25-17-20-6-4-13-24-14-5-7-21(23(20)24)22(25)8-2-3-15-26/h9-12,20-23,26H,2-8,13-17H2,1H3/t20-,21-,22-,23+/m1/s1. The van der Waals surface area contributed by atoms with Gasteiger partial charge < -0.3 is 5.11 Å². The second kappa shape index (κ2) is 8.41. The second-order valence-corrected chi connectivity index (χ2v) is 8.94. The molecule has 144 valence electrons. The number of hydrogen-bond acceptors (Lipinski definition) is 3. The van der Waals surface area contributed by atoms with Gasteiger partial charge in [-0.1, -0.05) is 29.8 Å². The van der Waals surface area contributed by atoms with E-state index in [1.807, 2.05) is 0 Å². The van der Waals surface area contributed by atoms with Crippen LogP contribution in [0, 0.1) is 18.8 Å². The monoisotopic (exact) mass is 356 g/mol. The van der Waals surface area contributed by atoms with Gasteiger partial charge in [-0.15, -0.1) is 0 Å². The van der Waals surface area contributed by atoms with Crippen molar-refractivity contribution in [3.05, 3.63) is 35.4 Å². The summed E-state index contributed by atoms with van der Waals surface area (Å²) in [7, 11) is 0. The molecule has 1 aromatic carbocycles. The summed E-state index contributed by atoms with van der Waals surface area (Å²) in [6.45, 7) is 7.55. The second-order valence-electron chi connectivity index (χ2n) is 8.94. The zero-order chi connectivity index (χ0) is 17.9. The van der Waals surface area contributed by atoms with Gasteiger partial charge in [0, 0.05) is 31.8 Å². The van der Waals surface area contributed by atoms with E-state index in [2.05, 4.69) is 41.0 Å². The molecule has 3 aliphatic heterocycles. The van der Waals surface area contributed by atoms with E-state index in [-0.39, 0.29) is 0 Å². The molecule has 0 spiro atoms. The number of rotatable bonds is 6. The van der Waals surface area contributed by atoms with Crippen molar-refractivity contribution in [2.24, 2.45) is 11.8 Å². The molecule has 3 nitrogen and oxygen atoms in total. The van der Waals surface area contributed by atoms with Gasteiger partial charge >= 0.3 is 0 Å². The summed E-state index contributed by atoms with van der Waals surface area (Å²) in [5.74, 6) is 1.71. The molecule has 3 fully saturated rings. The maximum atomic E-state index is 9.26. The van der Waals surface area contributed by atoms with Gasteiger partial charge in [0.1, 0.15) is 0 Å². The van der Waals surface area contributed by atoms with Crippen LogP contribution in [0.4, 0.5) is 0 Å². The summed E-state index contributed by atoms with van der Waals surface area (Å²) < 4.78 is 0. The minimum absolute atomic E-state index is 0.341. The SMILES string of the molecule is Cc1ccc(CN2C[C@H]3CCCN4CCC[C@@H]([C@H]34)[C@H]2CCCCO)cc1. The smallest absolute Gasteiger partial charge is 0.0431 e. The van der Waals surface area contributed by atoms with Gasteiger partial charge in [0.05, 0.1) is 0 Å². The molecule has 1 aromatic rings. The third kappa shape index (κ3) is 3.85. The molecule has 3 saturated heterocycles. The van der Waals surface area contributed by atoms with E-state index < -0.39 is 0 Å².